The molecule has 1 aromatic carbocycles. The van der Waals surface area contributed by atoms with Crippen LogP contribution in [0.1, 0.15) is 31.4 Å². The Morgan fingerprint density at radius 1 is 1.44 bits per heavy atom. The highest BCUT2D eigenvalue weighted by Crippen LogP contribution is 2.31. The van der Waals surface area contributed by atoms with Crippen LogP contribution in [0.5, 0.6) is 5.75 Å². The molecule has 0 aliphatic carbocycles. The number of carbonyl (C=O) groups excluding carboxylic acids is 1. The Morgan fingerprint density at radius 3 is 3.11 bits per heavy atom. The summed E-state index contributed by atoms with van der Waals surface area (Å²) in [6, 6.07) is 8.37. The Balaban J connectivity index is 1.86. The molecule has 0 fully saturated rings. The molecule has 0 saturated carbocycles. The van der Waals surface area contributed by atoms with Crippen LogP contribution in [-0.4, -0.2) is 25.6 Å². The van der Waals surface area contributed by atoms with Gasteiger partial charge in [-0.15, -0.1) is 0 Å². The average molecular weight is 248 g/mol. The van der Waals surface area contributed by atoms with Gasteiger partial charge in [-0.2, -0.15) is 0 Å². The lowest BCUT2D eigenvalue weighted by Crippen LogP contribution is -2.31. The van der Waals surface area contributed by atoms with Crippen LogP contribution >= 0.6 is 0 Å². The molecule has 0 aromatic heterocycles. The fourth-order valence-corrected chi connectivity index (χ4v) is 2.20. The highest BCUT2D eigenvalue weighted by molar-refractivity contribution is 5.75. The van der Waals surface area contributed by atoms with Crippen molar-refractivity contribution in [2.45, 2.75) is 25.8 Å². The maximum atomic E-state index is 11.4. The quantitative estimate of drug-likeness (QED) is 0.832. The van der Waals surface area contributed by atoms with Crippen molar-refractivity contribution >= 4 is 5.91 Å². The molecule has 2 N–H and O–H groups in total. The molecule has 1 heterocycles. The minimum atomic E-state index is 0.102. The van der Waals surface area contributed by atoms with Crippen LogP contribution in [0.2, 0.25) is 0 Å². The third kappa shape index (κ3) is 3.23. The molecular weight excluding hydrogens is 228 g/mol. The molecule has 4 nitrogen and oxygen atoms in total. The van der Waals surface area contributed by atoms with Gasteiger partial charge in [0, 0.05) is 37.5 Å². The van der Waals surface area contributed by atoms with Crippen molar-refractivity contribution in [3.8, 4) is 5.75 Å². The first-order valence-corrected chi connectivity index (χ1v) is 6.53. The molecule has 0 radical (unpaired) electrons. The second-order valence-electron chi connectivity index (χ2n) is 4.39. The van der Waals surface area contributed by atoms with Crippen LogP contribution < -0.4 is 15.4 Å². The maximum Gasteiger partial charge on any atom is 0.221 e. The first kappa shape index (κ1) is 12.9. The number of hydrogen-bond acceptors (Lipinski definition) is 3. The van der Waals surface area contributed by atoms with Crippen LogP contribution in [0.15, 0.2) is 24.3 Å². The second kappa shape index (κ2) is 6.40. The van der Waals surface area contributed by atoms with Gasteiger partial charge in [0.05, 0.1) is 6.61 Å². The summed E-state index contributed by atoms with van der Waals surface area (Å²) in [4.78, 5) is 11.4. The first-order chi connectivity index (χ1) is 8.81. The van der Waals surface area contributed by atoms with Gasteiger partial charge in [-0.05, 0) is 13.0 Å². The molecule has 4 heteroatoms. The van der Waals surface area contributed by atoms with Crippen LogP contribution in [0.25, 0.3) is 0 Å². The van der Waals surface area contributed by atoms with E-state index in [-0.39, 0.29) is 5.91 Å². The molecule has 98 valence electrons. The summed E-state index contributed by atoms with van der Waals surface area (Å²) in [5.41, 5.74) is 1.19. The molecule has 1 amide bonds. The normalized spacial score (nSPS) is 17.7. The summed E-state index contributed by atoms with van der Waals surface area (Å²) in [6.07, 6.45) is 1.47. The van der Waals surface area contributed by atoms with E-state index in [1.807, 2.05) is 25.1 Å². The van der Waals surface area contributed by atoms with Gasteiger partial charge >= 0.3 is 0 Å². The van der Waals surface area contributed by atoms with Crippen molar-refractivity contribution in [1.29, 1.82) is 0 Å². The summed E-state index contributed by atoms with van der Waals surface area (Å²) in [5, 5.41) is 6.23. The van der Waals surface area contributed by atoms with E-state index in [9.17, 15) is 4.79 Å². The molecule has 1 aliphatic heterocycles. The minimum Gasteiger partial charge on any atom is -0.493 e. The van der Waals surface area contributed by atoms with Gasteiger partial charge < -0.3 is 15.4 Å². The fraction of sp³-hybridized carbons (Fsp3) is 0.500. The van der Waals surface area contributed by atoms with Crippen molar-refractivity contribution in [2.75, 3.05) is 19.7 Å². The van der Waals surface area contributed by atoms with Crippen LogP contribution in [0.3, 0.4) is 0 Å². The van der Waals surface area contributed by atoms with E-state index in [0.717, 1.165) is 18.8 Å². The SMILES string of the molecule is CCNC(=O)CCNC1CCOc2ccccc21. The number of para-hydroxylation sites is 1. The predicted octanol–water partition coefficient (Wildman–Crippen LogP) is 1.63. The maximum absolute atomic E-state index is 11.4. The summed E-state index contributed by atoms with van der Waals surface area (Å²) in [7, 11) is 0. The molecule has 18 heavy (non-hydrogen) atoms. The summed E-state index contributed by atoms with van der Waals surface area (Å²) < 4.78 is 5.60. The Hall–Kier alpha value is -1.55. The zero-order valence-electron chi connectivity index (χ0n) is 10.7. The van der Waals surface area contributed by atoms with Gasteiger partial charge in [-0.3, -0.25) is 4.79 Å². The minimum absolute atomic E-state index is 0.102. The van der Waals surface area contributed by atoms with Gasteiger partial charge in [0.15, 0.2) is 0 Å². The molecule has 0 saturated heterocycles. The van der Waals surface area contributed by atoms with E-state index in [0.29, 0.717) is 25.6 Å². The number of benzene rings is 1. The van der Waals surface area contributed by atoms with Crippen LogP contribution in [-0.2, 0) is 4.79 Å². The third-order valence-electron chi connectivity index (χ3n) is 3.08. The van der Waals surface area contributed by atoms with E-state index >= 15 is 0 Å². The topological polar surface area (TPSA) is 50.4 Å². The number of fused-ring (bicyclic) bond motifs is 1. The molecule has 2 rings (SSSR count). The van der Waals surface area contributed by atoms with E-state index in [4.69, 9.17) is 4.74 Å². The monoisotopic (exact) mass is 248 g/mol. The van der Waals surface area contributed by atoms with Crippen molar-refractivity contribution in [3.05, 3.63) is 29.8 Å². The molecule has 0 bridgehead atoms. The van der Waals surface area contributed by atoms with E-state index < -0.39 is 0 Å². The summed E-state index contributed by atoms with van der Waals surface area (Å²) in [5.74, 6) is 1.06. The zero-order chi connectivity index (χ0) is 12.8. The van der Waals surface area contributed by atoms with Crippen molar-refractivity contribution in [3.63, 3.8) is 0 Å². The molecule has 1 aliphatic rings. The predicted molar refractivity (Wildman–Crippen MR) is 70.6 cm³/mol. The number of nitrogens with one attached hydrogen (secondary N) is 2. The number of carbonyl (C=O) groups is 1. The van der Waals surface area contributed by atoms with Gasteiger partial charge in [0.25, 0.3) is 0 Å². The van der Waals surface area contributed by atoms with Gasteiger partial charge in [0.1, 0.15) is 5.75 Å². The molecule has 1 atom stereocenters. The molecule has 1 unspecified atom stereocenters. The average Bonchev–Trinajstić information content (AvgIpc) is 2.39. The highest BCUT2D eigenvalue weighted by Gasteiger charge is 2.20. The summed E-state index contributed by atoms with van der Waals surface area (Å²) in [6.45, 7) is 4.06. The van der Waals surface area contributed by atoms with Crippen molar-refractivity contribution in [1.82, 2.24) is 10.6 Å². The highest BCUT2D eigenvalue weighted by atomic mass is 16.5. The lowest BCUT2D eigenvalue weighted by atomic mass is 10.0. The Kier molecular flexibility index (Phi) is 4.59. The van der Waals surface area contributed by atoms with E-state index in [1.165, 1.54) is 5.56 Å². The Morgan fingerprint density at radius 2 is 2.28 bits per heavy atom. The molecular formula is C14H20N2O2. The standard InChI is InChI=1S/C14H20N2O2/c1-2-15-14(17)7-9-16-12-8-10-18-13-6-4-3-5-11(12)13/h3-6,12,16H,2,7-10H2,1H3,(H,15,17). The second-order valence-corrected chi connectivity index (χ2v) is 4.39. The van der Waals surface area contributed by atoms with Crippen molar-refractivity contribution < 1.29 is 9.53 Å². The van der Waals surface area contributed by atoms with Crippen LogP contribution in [0, 0.1) is 0 Å². The fourth-order valence-electron chi connectivity index (χ4n) is 2.20. The first-order valence-electron chi connectivity index (χ1n) is 6.53. The Bertz CT molecular complexity index is 407. The molecule has 1 aromatic rings. The third-order valence-corrected chi connectivity index (χ3v) is 3.08. The largest absolute Gasteiger partial charge is 0.493 e. The summed E-state index contributed by atoms with van der Waals surface area (Å²) >= 11 is 0. The van der Waals surface area contributed by atoms with Crippen LogP contribution in [0.4, 0.5) is 0 Å². The van der Waals surface area contributed by atoms with Gasteiger partial charge in [-0.1, -0.05) is 18.2 Å². The van der Waals surface area contributed by atoms with Gasteiger partial charge in [0.2, 0.25) is 5.91 Å². The van der Waals surface area contributed by atoms with Gasteiger partial charge in [-0.25, -0.2) is 0 Å². The van der Waals surface area contributed by atoms with E-state index in [1.54, 1.807) is 0 Å². The lowest BCUT2D eigenvalue weighted by Gasteiger charge is -2.26. The lowest BCUT2D eigenvalue weighted by molar-refractivity contribution is -0.120. The Labute approximate surface area is 108 Å². The molecule has 0 spiro atoms. The number of rotatable bonds is 5. The smallest absolute Gasteiger partial charge is 0.221 e. The number of amides is 1. The number of hydrogen-bond donors (Lipinski definition) is 2. The van der Waals surface area contributed by atoms with E-state index in [2.05, 4.69) is 16.7 Å². The zero-order valence-corrected chi connectivity index (χ0v) is 10.7. The van der Waals surface area contributed by atoms with Crippen molar-refractivity contribution in [2.24, 2.45) is 0 Å². The number of ether oxygens (including phenoxy) is 1.